The van der Waals surface area contributed by atoms with Gasteiger partial charge in [-0.25, -0.2) is 4.79 Å². The van der Waals surface area contributed by atoms with E-state index in [1.807, 2.05) is 18.2 Å². The Balaban J connectivity index is 2.45. The van der Waals surface area contributed by atoms with Crippen LogP contribution in [0, 0.1) is 0 Å². The highest BCUT2D eigenvalue weighted by Crippen LogP contribution is 2.21. The zero-order chi connectivity index (χ0) is 13.5. The lowest BCUT2D eigenvalue weighted by molar-refractivity contribution is -0.136. The normalized spacial score (nSPS) is 11.7. The van der Waals surface area contributed by atoms with Crippen molar-refractivity contribution in [2.75, 3.05) is 6.54 Å². The third kappa shape index (κ3) is 4.63. The van der Waals surface area contributed by atoms with Gasteiger partial charge in [0.25, 0.3) is 0 Å². The van der Waals surface area contributed by atoms with Gasteiger partial charge in [-0.3, -0.25) is 4.79 Å². The molecule has 0 heterocycles. The molecule has 0 saturated carbocycles. The molecule has 0 unspecified atom stereocenters. The molecule has 0 aliphatic heterocycles. The van der Waals surface area contributed by atoms with Crippen LogP contribution in [0.2, 0.25) is 5.02 Å². The number of urea groups is 1. The van der Waals surface area contributed by atoms with Crippen molar-refractivity contribution in [1.29, 1.82) is 0 Å². The second-order valence-corrected chi connectivity index (χ2v) is 4.19. The summed E-state index contributed by atoms with van der Waals surface area (Å²) in [7, 11) is 0. The molecule has 1 aromatic rings. The van der Waals surface area contributed by atoms with Crippen molar-refractivity contribution in [1.82, 2.24) is 10.6 Å². The Kier molecular flexibility index (Phi) is 5.45. The number of carbonyl (C=O) groups excluding carboxylic acids is 1. The molecule has 6 heteroatoms. The number of hydrogen-bond acceptors (Lipinski definition) is 2. The van der Waals surface area contributed by atoms with E-state index < -0.39 is 12.0 Å². The highest BCUT2D eigenvalue weighted by molar-refractivity contribution is 6.31. The summed E-state index contributed by atoms with van der Waals surface area (Å²) < 4.78 is 0. The van der Waals surface area contributed by atoms with Crippen LogP contribution in [0.1, 0.15) is 24.9 Å². The summed E-state index contributed by atoms with van der Waals surface area (Å²) in [5.74, 6) is -0.950. The third-order valence-electron chi connectivity index (χ3n) is 2.34. The van der Waals surface area contributed by atoms with Gasteiger partial charge in [0, 0.05) is 11.6 Å². The van der Waals surface area contributed by atoms with Crippen LogP contribution in [0.5, 0.6) is 0 Å². The Labute approximate surface area is 110 Å². The van der Waals surface area contributed by atoms with Crippen LogP contribution in [-0.2, 0) is 4.79 Å². The van der Waals surface area contributed by atoms with Crippen molar-refractivity contribution >= 4 is 23.6 Å². The monoisotopic (exact) mass is 270 g/mol. The van der Waals surface area contributed by atoms with Crippen molar-refractivity contribution in [2.24, 2.45) is 0 Å². The average molecular weight is 271 g/mol. The summed E-state index contributed by atoms with van der Waals surface area (Å²) in [6.07, 6.45) is -0.103. The highest BCUT2D eigenvalue weighted by atomic mass is 35.5. The van der Waals surface area contributed by atoms with E-state index in [4.69, 9.17) is 16.7 Å². The zero-order valence-corrected chi connectivity index (χ0v) is 10.7. The number of benzene rings is 1. The van der Waals surface area contributed by atoms with E-state index in [9.17, 15) is 9.59 Å². The van der Waals surface area contributed by atoms with Gasteiger partial charge in [-0.15, -0.1) is 0 Å². The van der Waals surface area contributed by atoms with E-state index in [-0.39, 0.29) is 19.0 Å². The summed E-state index contributed by atoms with van der Waals surface area (Å²) in [4.78, 5) is 21.7. The summed E-state index contributed by atoms with van der Waals surface area (Å²) in [6.45, 7) is 1.90. The summed E-state index contributed by atoms with van der Waals surface area (Å²) in [5.41, 5.74) is 0.813. The first-order chi connectivity index (χ1) is 8.50. The number of aliphatic carboxylic acids is 1. The molecule has 1 aromatic carbocycles. The Morgan fingerprint density at radius 1 is 1.39 bits per heavy atom. The summed E-state index contributed by atoms with van der Waals surface area (Å²) in [6, 6.07) is 6.56. The summed E-state index contributed by atoms with van der Waals surface area (Å²) in [5, 5.41) is 14.2. The van der Waals surface area contributed by atoms with E-state index in [1.165, 1.54) is 0 Å². The molecule has 0 fully saturated rings. The number of carboxylic acids is 1. The molecule has 18 heavy (non-hydrogen) atoms. The van der Waals surface area contributed by atoms with Crippen LogP contribution >= 0.6 is 11.6 Å². The minimum Gasteiger partial charge on any atom is -0.481 e. The molecule has 98 valence electrons. The van der Waals surface area contributed by atoms with Crippen molar-refractivity contribution < 1.29 is 14.7 Å². The van der Waals surface area contributed by atoms with Crippen LogP contribution in [0.3, 0.4) is 0 Å². The van der Waals surface area contributed by atoms with Crippen LogP contribution < -0.4 is 10.6 Å². The first-order valence-corrected chi connectivity index (χ1v) is 5.89. The molecule has 1 rings (SSSR count). The summed E-state index contributed by atoms with van der Waals surface area (Å²) >= 11 is 6.00. The fourth-order valence-electron chi connectivity index (χ4n) is 1.43. The van der Waals surface area contributed by atoms with Crippen molar-refractivity contribution in [3.05, 3.63) is 34.9 Å². The number of amides is 2. The zero-order valence-electron chi connectivity index (χ0n) is 9.94. The number of hydrogen-bond donors (Lipinski definition) is 3. The second kappa shape index (κ2) is 6.86. The Hall–Kier alpha value is -1.75. The quantitative estimate of drug-likeness (QED) is 0.767. The maximum absolute atomic E-state index is 11.5. The number of nitrogens with one attached hydrogen (secondary N) is 2. The number of rotatable bonds is 5. The van der Waals surface area contributed by atoms with Gasteiger partial charge in [-0.1, -0.05) is 29.8 Å². The van der Waals surface area contributed by atoms with Gasteiger partial charge in [0.2, 0.25) is 0 Å². The fourth-order valence-corrected chi connectivity index (χ4v) is 1.73. The molecule has 0 aliphatic carbocycles. The van der Waals surface area contributed by atoms with E-state index >= 15 is 0 Å². The molecule has 0 saturated heterocycles. The van der Waals surface area contributed by atoms with Crippen LogP contribution in [0.25, 0.3) is 0 Å². The first-order valence-electron chi connectivity index (χ1n) is 5.51. The lowest BCUT2D eigenvalue weighted by Crippen LogP contribution is -2.38. The van der Waals surface area contributed by atoms with Gasteiger partial charge in [0.15, 0.2) is 0 Å². The largest absolute Gasteiger partial charge is 0.481 e. The minimum absolute atomic E-state index is 0.0937. The standard InChI is InChI=1S/C12H15ClN2O3/c1-8(9-4-2-3-5-10(9)13)15-12(18)14-7-6-11(16)17/h2-5,8H,6-7H2,1H3,(H,16,17)(H2,14,15,18)/t8-/m0/s1. The smallest absolute Gasteiger partial charge is 0.315 e. The molecule has 0 spiro atoms. The minimum atomic E-state index is -0.950. The molecule has 0 aliphatic rings. The molecule has 5 nitrogen and oxygen atoms in total. The van der Waals surface area contributed by atoms with Crippen LogP contribution in [0.15, 0.2) is 24.3 Å². The Bertz CT molecular complexity index is 437. The van der Waals surface area contributed by atoms with Crippen LogP contribution in [0.4, 0.5) is 4.79 Å². The lowest BCUT2D eigenvalue weighted by Gasteiger charge is -2.16. The maximum atomic E-state index is 11.5. The predicted molar refractivity (Wildman–Crippen MR) is 68.7 cm³/mol. The average Bonchev–Trinajstić information content (AvgIpc) is 2.28. The SMILES string of the molecule is C[C@H](NC(=O)NCCC(=O)O)c1ccccc1Cl. The molecule has 2 amide bonds. The van der Waals surface area contributed by atoms with Gasteiger partial charge in [0.05, 0.1) is 12.5 Å². The lowest BCUT2D eigenvalue weighted by atomic mass is 10.1. The van der Waals surface area contributed by atoms with Gasteiger partial charge in [-0.2, -0.15) is 0 Å². The fraction of sp³-hybridized carbons (Fsp3) is 0.333. The van der Waals surface area contributed by atoms with Gasteiger partial charge < -0.3 is 15.7 Å². The van der Waals surface area contributed by atoms with E-state index in [0.717, 1.165) is 5.56 Å². The van der Waals surface area contributed by atoms with Crippen molar-refractivity contribution in [2.45, 2.75) is 19.4 Å². The molecule has 0 aromatic heterocycles. The first kappa shape index (κ1) is 14.3. The molecule has 1 atom stereocenters. The van der Waals surface area contributed by atoms with Crippen LogP contribution in [-0.4, -0.2) is 23.7 Å². The number of carboxylic acid groups (broad SMARTS) is 1. The number of carbonyl (C=O) groups is 2. The molecule has 0 radical (unpaired) electrons. The van der Waals surface area contributed by atoms with E-state index in [2.05, 4.69) is 10.6 Å². The van der Waals surface area contributed by atoms with E-state index in [0.29, 0.717) is 5.02 Å². The number of halogens is 1. The van der Waals surface area contributed by atoms with Crippen molar-refractivity contribution in [3.8, 4) is 0 Å². The van der Waals surface area contributed by atoms with Gasteiger partial charge in [0.1, 0.15) is 0 Å². The van der Waals surface area contributed by atoms with Gasteiger partial charge in [-0.05, 0) is 18.6 Å². The predicted octanol–water partition coefficient (Wildman–Crippen LogP) is 2.17. The molecular formula is C12H15ClN2O3. The highest BCUT2D eigenvalue weighted by Gasteiger charge is 2.11. The maximum Gasteiger partial charge on any atom is 0.315 e. The molecular weight excluding hydrogens is 256 g/mol. The molecule has 0 bridgehead atoms. The second-order valence-electron chi connectivity index (χ2n) is 3.79. The van der Waals surface area contributed by atoms with Gasteiger partial charge >= 0.3 is 12.0 Å². The third-order valence-corrected chi connectivity index (χ3v) is 2.69. The Morgan fingerprint density at radius 3 is 2.67 bits per heavy atom. The van der Waals surface area contributed by atoms with E-state index in [1.54, 1.807) is 13.0 Å². The Morgan fingerprint density at radius 2 is 2.06 bits per heavy atom. The topological polar surface area (TPSA) is 78.4 Å². The molecule has 3 N–H and O–H groups in total. The van der Waals surface area contributed by atoms with Crippen molar-refractivity contribution in [3.63, 3.8) is 0 Å².